The Morgan fingerprint density at radius 2 is 1.54 bits per heavy atom. The third-order valence-electron chi connectivity index (χ3n) is 7.51. The zero-order valence-corrected chi connectivity index (χ0v) is 23.2. The quantitative estimate of drug-likeness (QED) is 0.421. The topological polar surface area (TPSA) is 127 Å². The van der Waals surface area contributed by atoms with Gasteiger partial charge in [-0.15, -0.1) is 0 Å². The number of para-hydroxylation sites is 1. The Kier molecular flexibility index (Phi) is 10.5. The van der Waals surface area contributed by atoms with Crippen molar-refractivity contribution in [3.8, 4) is 0 Å². The predicted octanol–water partition coefficient (Wildman–Crippen LogP) is 3.56. The number of primary amides is 1. The Balaban J connectivity index is 0.000000459. The van der Waals surface area contributed by atoms with E-state index in [2.05, 4.69) is 46.2 Å². The molecule has 2 aliphatic heterocycles. The van der Waals surface area contributed by atoms with E-state index in [0.29, 0.717) is 12.2 Å². The number of piperidine rings is 1. The number of benzene rings is 2. The lowest BCUT2D eigenvalue weighted by Crippen LogP contribution is -2.60. The van der Waals surface area contributed by atoms with Crippen LogP contribution >= 0.6 is 11.6 Å². The van der Waals surface area contributed by atoms with Crippen LogP contribution in [0, 0.1) is 0 Å². The normalized spacial score (nSPS) is 16.6. The number of carboxylic acid groups (broad SMARTS) is 2. The van der Waals surface area contributed by atoms with Crippen LogP contribution in [0.15, 0.2) is 54.6 Å². The van der Waals surface area contributed by atoms with E-state index >= 15 is 0 Å². The highest BCUT2D eigenvalue weighted by molar-refractivity contribution is 6.30. The standard InChI is InChI=1S/C25H33ClN4O.C4H4O4/c1-28(2)25(24(27)31)12-16-29(17-13-25)14-5-15-30-22-7-4-3-6-19(22)8-9-20-10-11-21(26)18-23(20)30;5-3(6)1-2-4(7)8/h3-4,6-7,10-11,18H,5,8-9,12-17H2,1-2H3,(H2,27,31);1-2H,(H,5,6)(H,7,8)/b;2-1-. The van der Waals surface area contributed by atoms with Crippen LogP contribution < -0.4 is 10.6 Å². The third-order valence-corrected chi connectivity index (χ3v) is 7.74. The summed E-state index contributed by atoms with van der Waals surface area (Å²) in [6, 6.07) is 15.0. The van der Waals surface area contributed by atoms with Gasteiger partial charge in [0.25, 0.3) is 0 Å². The molecule has 2 aromatic carbocycles. The lowest BCUT2D eigenvalue weighted by Gasteiger charge is -2.43. The summed E-state index contributed by atoms with van der Waals surface area (Å²) in [5, 5.41) is 16.4. The fourth-order valence-corrected chi connectivity index (χ4v) is 5.45. The minimum absolute atomic E-state index is 0.202. The number of nitrogens with two attached hydrogens (primary N) is 1. The van der Waals surface area contributed by atoms with Crippen molar-refractivity contribution in [2.45, 2.75) is 37.6 Å². The minimum atomic E-state index is -1.26. The summed E-state index contributed by atoms with van der Waals surface area (Å²) in [7, 11) is 3.92. The highest BCUT2D eigenvalue weighted by Gasteiger charge is 2.41. The highest BCUT2D eigenvalue weighted by atomic mass is 35.5. The van der Waals surface area contributed by atoms with Gasteiger partial charge in [0.1, 0.15) is 5.54 Å². The first kappa shape index (κ1) is 30.1. The number of likely N-dealkylation sites (tertiary alicyclic amines) is 1. The number of anilines is 2. The molecule has 1 saturated heterocycles. The molecule has 10 heteroatoms. The summed E-state index contributed by atoms with van der Waals surface area (Å²) in [5.74, 6) is -2.72. The van der Waals surface area contributed by atoms with Crippen LogP contribution in [0.2, 0.25) is 5.02 Å². The van der Waals surface area contributed by atoms with Crippen molar-refractivity contribution in [1.82, 2.24) is 9.80 Å². The second kappa shape index (κ2) is 13.6. The van der Waals surface area contributed by atoms with Crippen LogP contribution in [0.4, 0.5) is 11.4 Å². The van der Waals surface area contributed by atoms with Crippen molar-refractivity contribution < 1.29 is 24.6 Å². The number of rotatable bonds is 8. The smallest absolute Gasteiger partial charge is 0.328 e. The van der Waals surface area contributed by atoms with Gasteiger partial charge < -0.3 is 25.7 Å². The van der Waals surface area contributed by atoms with Gasteiger partial charge in [0.2, 0.25) is 5.91 Å². The number of aryl methyl sites for hydroxylation is 2. The Hall–Kier alpha value is -3.40. The fraction of sp³-hybridized carbons (Fsp3) is 0.414. The highest BCUT2D eigenvalue weighted by Crippen LogP contribution is 2.37. The van der Waals surface area contributed by atoms with Gasteiger partial charge in [-0.3, -0.25) is 9.69 Å². The first-order valence-electron chi connectivity index (χ1n) is 13.0. The van der Waals surface area contributed by atoms with Crippen LogP contribution in [0.25, 0.3) is 0 Å². The van der Waals surface area contributed by atoms with E-state index in [-0.39, 0.29) is 5.91 Å². The molecule has 39 heavy (non-hydrogen) atoms. The zero-order valence-electron chi connectivity index (χ0n) is 22.5. The third kappa shape index (κ3) is 7.81. The summed E-state index contributed by atoms with van der Waals surface area (Å²) >= 11 is 6.38. The molecule has 4 N–H and O–H groups in total. The van der Waals surface area contributed by atoms with Crippen molar-refractivity contribution in [2.24, 2.45) is 5.73 Å². The monoisotopic (exact) mass is 556 g/mol. The van der Waals surface area contributed by atoms with E-state index in [0.717, 1.165) is 63.3 Å². The van der Waals surface area contributed by atoms with Crippen molar-refractivity contribution in [3.05, 3.63) is 70.8 Å². The van der Waals surface area contributed by atoms with E-state index in [4.69, 9.17) is 27.5 Å². The van der Waals surface area contributed by atoms with E-state index in [1.807, 2.05) is 25.1 Å². The Bertz CT molecular complexity index is 1190. The average Bonchev–Trinajstić information content (AvgIpc) is 3.05. The first-order valence-corrected chi connectivity index (χ1v) is 13.4. The maximum absolute atomic E-state index is 12.1. The number of hydrogen-bond acceptors (Lipinski definition) is 6. The van der Waals surface area contributed by atoms with Gasteiger partial charge in [-0.05, 0) is 82.1 Å². The lowest BCUT2D eigenvalue weighted by atomic mass is 9.85. The molecule has 9 nitrogen and oxygen atoms in total. The number of nitrogens with zero attached hydrogens (tertiary/aromatic N) is 3. The molecule has 0 saturated carbocycles. The van der Waals surface area contributed by atoms with E-state index in [1.54, 1.807) is 0 Å². The van der Waals surface area contributed by atoms with Crippen LogP contribution in [-0.2, 0) is 27.2 Å². The molecule has 1 fully saturated rings. The van der Waals surface area contributed by atoms with Gasteiger partial charge in [0, 0.05) is 48.2 Å². The molecule has 0 atom stereocenters. The van der Waals surface area contributed by atoms with Gasteiger partial charge in [-0.1, -0.05) is 35.9 Å². The molecule has 1 amide bonds. The van der Waals surface area contributed by atoms with Gasteiger partial charge in [0.05, 0.1) is 0 Å². The zero-order chi connectivity index (χ0) is 28.6. The van der Waals surface area contributed by atoms with E-state index in [1.165, 1.54) is 22.5 Å². The number of fused-ring (bicyclic) bond motifs is 2. The maximum Gasteiger partial charge on any atom is 0.328 e. The molecule has 0 aliphatic carbocycles. The van der Waals surface area contributed by atoms with Crippen LogP contribution in [0.3, 0.4) is 0 Å². The largest absolute Gasteiger partial charge is 0.478 e. The van der Waals surface area contributed by atoms with Gasteiger partial charge >= 0.3 is 11.9 Å². The summed E-state index contributed by atoms with van der Waals surface area (Å²) < 4.78 is 0. The Labute approximate surface area is 234 Å². The van der Waals surface area contributed by atoms with Gasteiger partial charge in [-0.2, -0.15) is 0 Å². The molecule has 0 aromatic heterocycles. The van der Waals surface area contributed by atoms with E-state index in [9.17, 15) is 14.4 Å². The van der Waals surface area contributed by atoms with Crippen LogP contribution in [-0.4, -0.2) is 83.7 Å². The lowest BCUT2D eigenvalue weighted by molar-refractivity contribution is -0.134. The molecular formula is C29H37ClN4O5. The molecule has 2 aromatic rings. The molecular weight excluding hydrogens is 520 g/mol. The average molecular weight is 557 g/mol. The number of aliphatic carboxylic acids is 2. The second-order valence-corrected chi connectivity index (χ2v) is 10.5. The number of halogens is 1. The van der Waals surface area contributed by atoms with Crippen molar-refractivity contribution in [1.29, 1.82) is 0 Å². The molecule has 0 radical (unpaired) electrons. The first-order chi connectivity index (χ1) is 18.5. The SMILES string of the molecule is CN(C)C1(C(N)=O)CCN(CCCN2c3ccccc3CCc3ccc(Cl)cc32)CC1.O=C(O)/C=C\C(=O)O. The number of carbonyl (C=O) groups is 3. The number of amides is 1. The molecule has 210 valence electrons. The number of carbonyl (C=O) groups excluding carboxylic acids is 1. The maximum atomic E-state index is 12.1. The molecule has 4 rings (SSSR count). The molecule has 2 heterocycles. The minimum Gasteiger partial charge on any atom is -0.478 e. The molecule has 0 bridgehead atoms. The number of likely N-dealkylation sites (N-methyl/N-ethyl adjacent to an activating group) is 1. The van der Waals surface area contributed by atoms with Crippen molar-refractivity contribution in [3.63, 3.8) is 0 Å². The Morgan fingerprint density at radius 1 is 0.949 bits per heavy atom. The number of hydrogen-bond donors (Lipinski definition) is 3. The second-order valence-electron chi connectivity index (χ2n) is 10.0. The molecule has 0 spiro atoms. The fourth-order valence-electron chi connectivity index (χ4n) is 5.28. The summed E-state index contributed by atoms with van der Waals surface area (Å²) in [5.41, 5.74) is 10.5. The predicted molar refractivity (Wildman–Crippen MR) is 153 cm³/mol. The van der Waals surface area contributed by atoms with Crippen molar-refractivity contribution >= 4 is 40.8 Å². The summed E-state index contributed by atoms with van der Waals surface area (Å²) in [6.45, 7) is 3.76. The van der Waals surface area contributed by atoms with Gasteiger partial charge in [-0.25, -0.2) is 9.59 Å². The molecule has 0 unspecified atom stereocenters. The number of carboxylic acids is 2. The van der Waals surface area contributed by atoms with E-state index < -0.39 is 17.5 Å². The molecule has 2 aliphatic rings. The van der Waals surface area contributed by atoms with Crippen LogP contribution in [0.1, 0.15) is 30.4 Å². The summed E-state index contributed by atoms with van der Waals surface area (Å²) in [6.07, 6.45) is 5.83. The Morgan fingerprint density at radius 3 is 2.10 bits per heavy atom. The summed E-state index contributed by atoms with van der Waals surface area (Å²) in [4.78, 5) is 38.1. The van der Waals surface area contributed by atoms with Crippen LogP contribution in [0.5, 0.6) is 0 Å². The van der Waals surface area contributed by atoms with Crippen molar-refractivity contribution in [2.75, 3.05) is 45.2 Å². The van der Waals surface area contributed by atoms with Gasteiger partial charge in [0.15, 0.2) is 0 Å².